The molecule has 0 saturated carbocycles. The zero-order valence-electron chi connectivity index (χ0n) is 14.4. The Morgan fingerprint density at radius 2 is 2.12 bits per heavy atom. The number of amides is 2. The van der Waals surface area contributed by atoms with Gasteiger partial charge in [-0.15, -0.1) is 6.58 Å². The van der Waals surface area contributed by atoms with Crippen molar-refractivity contribution in [1.29, 1.82) is 0 Å². The first-order valence-corrected chi connectivity index (χ1v) is 9.42. The summed E-state index contributed by atoms with van der Waals surface area (Å²) in [6.45, 7) is 7.79. The summed E-state index contributed by atoms with van der Waals surface area (Å²) < 4.78 is 12.0. The van der Waals surface area contributed by atoms with E-state index in [0.29, 0.717) is 16.4 Å². The van der Waals surface area contributed by atoms with E-state index in [0.717, 1.165) is 33.1 Å². The number of hydrogen-bond donors (Lipinski definition) is 0. The molecule has 0 radical (unpaired) electrons. The lowest BCUT2D eigenvalue weighted by Crippen LogP contribution is -2.27. The SMILES string of the molecule is C=CCN1C(=O)S/C(=C/c2cc(Br)c(O[C@@H](C)CC)c(OC)c2)C1=O. The monoisotopic (exact) mass is 425 g/mol. The number of methoxy groups -OCH3 is 1. The van der Waals surface area contributed by atoms with Crippen molar-refractivity contribution in [3.8, 4) is 11.5 Å². The average Bonchev–Trinajstić information content (AvgIpc) is 2.84. The van der Waals surface area contributed by atoms with Crippen molar-refractivity contribution < 1.29 is 19.1 Å². The predicted molar refractivity (Wildman–Crippen MR) is 104 cm³/mol. The zero-order chi connectivity index (χ0) is 18.6. The lowest BCUT2D eigenvalue weighted by atomic mass is 10.1. The second kappa shape index (κ2) is 8.58. The molecule has 1 atom stereocenters. The van der Waals surface area contributed by atoms with E-state index in [1.165, 1.54) is 6.08 Å². The maximum Gasteiger partial charge on any atom is 0.293 e. The van der Waals surface area contributed by atoms with Crippen LogP contribution in [0.3, 0.4) is 0 Å². The van der Waals surface area contributed by atoms with Crippen LogP contribution in [0.25, 0.3) is 6.08 Å². The fourth-order valence-electron chi connectivity index (χ4n) is 2.16. The highest BCUT2D eigenvalue weighted by molar-refractivity contribution is 9.10. The van der Waals surface area contributed by atoms with E-state index in [2.05, 4.69) is 22.5 Å². The number of ether oxygens (including phenoxy) is 2. The Balaban J connectivity index is 2.35. The van der Waals surface area contributed by atoms with Crippen LogP contribution in [0.1, 0.15) is 25.8 Å². The van der Waals surface area contributed by atoms with Gasteiger partial charge in [-0.2, -0.15) is 0 Å². The molecule has 7 heteroatoms. The number of benzene rings is 1. The Morgan fingerprint density at radius 1 is 1.40 bits per heavy atom. The first-order valence-electron chi connectivity index (χ1n) is 7.81. The van der Waals surface area contributed by atoms with Crippen molar-refractivity contribution in [3.63, 3.8) is 0 Å². The van der Waals surface area contributed by atoms with Crippen LogP contribution in [0, 0.1) is 0 Å². The van der Waals surface area contributed by atoms with Gasteiger partial charge in [0.15, 0.2) is 11.5 Å². The molecule has 25 heavy (non-hydrogen) atoms. The Morgan fingerprint density at radius 3 is 2.72 bits per heavy atom. The van der Waals surface area contributed by atoms with Crippen molar-refractivity contribution >= 4 is 44.9 Å². The number of nitrogens with zero attached hydrogens (tertiary/aromatic N) is 1. The standard InChI is InChI=1S/C18H20BrNO4S/c1-5-7-20-17(21)15(25-18(20)22)10-12-8-13(19)16(14(9-12)23-4)24-11(3)6-2/h5,8-11H,1,6-7H2,2-4H3/b15-10+/t11-/m0/s1. The number of thioether (sulfide) groups is 1. The van der Waals surface area contributed by atoms with Crippen LogP contribution < -0.4 is 9.47 Å². The molecule has 134 valence electrons. The lowest BCUT2D eigenvalue weighted by Gasteiger charge is -2.17. The van der Waals surface area contributed by atoms with Crippen LogP contribution in [0.15, 0.2) is 34.2 Å². The second-order valence-electron chi connectivity index (χ2n) is 5.45. The van der Waals surface area contributed by atoms with E-state index in [-0.39, 0.29) is 23.8 Å². The molecule has 1 aliphatic heterocycles. The molecule has 2 amide bonds. The van der Waals surface area contributed by atoms with Gasteiger partial charge in [-0.1, -0.05) is 13.0 Å². The van der Waals surface area contributed by atoms with Crippen LogP contribution >= 0.6 is 27.7 Å². The lowest BCUT2D eigenvalue weighted by molar-refractivity contribution is -0.122. The molecule has 0 unspecified atom stereocenters. The van der Waals surface area contributed by atoms with Crippen molar-refractivity contribution in [1.82, 2.24) is 4.90 Å². The summed E-state index contributed by atoms with van der Waals surface area (Å²) in [5.41, 5.74) is 0.740. The number of carbonyl (C=O) groups excluding carboxylic acids is 2. The summed E-state index contributed by atoms with van der Waals surface area (Å²) in [6, 6.07) is 3.62. The summed E-state index contributed by atoms with van der Waals surface area (Å²) in [4.78, 5) is 25.7. The highest BCUT2D eigenvalue weighted by Gasteiger charge is 2.34. The molecule has 0 aromatic heterocycles. The highest BCUT2D eigenvalue weighted by Crippen LogP contribution is 2.39. The van der Waals surface area contributed by atoms with E-state index >= 15 is 0 Å². The Kier molecular flexibility index (Phi) is 6.72. The van der Waals surface area contributed by atoms with Gasteiger partial charge in [0.2, 0.25) is 0 Å². The van der Waals surface area contributed by atoms with Crippen molar-refractivity contribution in [2.24, 2.45) is 0 Å². The van der Waals surface area contributed by atoms with Crippen LogP contribution in [-0.2, 0) is 4.79 Å². The first-order chi connectivity index (χ1) is 11.9. The summed E-state index contributed by atoms with van der Waals surface area (Å²) >= 11 is 4.41. The van der Waals surface area contributed by atoms with Gasteiger partial charge in [-0.25, -0.2) is 0 Å². The van der Waals surface area contributed by atoms with Gasteiger partial charge in [0.1, 0.15) is 0 Å². The quantitative estimate of drug-likeness (QED) is 0.461. The average molecular weight is 426 g/mol. The molecule has 1 aromatic rings. The zero-order valence-corrected chi connectivity index (χ0v) is 16.8. The van der Waals surface area contributed by atoms with Gasteiger partial charge in [-0.05, 0) is 64.8 Å². The van der Waals surface area contributed by atoms with Crippen LogP contribution in [0.4, 0.5) is 4.79 Å². The van der Waals surface area contributed by atoms with E-state index in [4.69, 9.17) is 9.47 Å². The maximum absolute atomic E-state index is 12.3. The molecule has 1 heterocycles. The smallest absolute Gasteiger partial charge is 0.293 e. The fourth-order valence-corrected chi connectivity index (χ4v) is 3.56. The molecule has 2 rings (SSSR count). The van der Waals surface area contributed by atoms with Gasteiger partial charge >= 0.3 is 0 Å². The minimum Gasteiger partial charge on any atom is -0.493 e. The fraction of sp³-hybridized carbons (Fsp3) is 0.333. The van der Waals surface area contributed by atoms with E-state index < -0.39 is 0 Å². The molecular weight excluding hydrogens is 406 g/mol. The predicted octanol–water partition coefficient (Wildman–Crippen LogP) is 4.86. The molecule has 1 saturated heterocycles. The van der Waals surface area contributed by atoms with Gasteiger partial charge in [0.05, 0.1) is 22.6 Å². The summed E-state index contributed by atoms with van der Waals surface area (Å²) in [5, 5.41) is -0.293. The molecule has 1 aliphatic rings. The minimum absolute atomic E-state index is 0.0476. The Bertz CT molecular complexity index is 732. The first kappa shape index (κ1) is 19.6. The summed E-state index contributed by atoms with van der Waals surface area (Å²) in [7, 11) is 1.56. The van der Waals surface area contributed by atoms with Crippen molar-refractivity contribution in [3.05, 3.63) is 39.7 Å². The van der Waals surface area contributed by atoms with Gasteiger partial charge in [-0.3, -0.25) is 14.5 Å². The number of hydrogen-bond acceptors (Lipinski definition) is 5. The van der Waals surface area contributed by atoms with E-state index in [1.54, 1.807) is 19.3 Å². The number of imide groups is 1. The highest BCUT2D eigenvalue weighted by atomic mass is 79.9. The molecule has 0 spiro atoms. The molecule has 0 bridgehead atoms. The number of rotatable bonds is 7. The van der Waals surface area contributed by atoms with E-state index in [9.17, 15) is 9.59 Å². The Labute approximate surface area is 160 Å². The topological polar surface area (TPSA) is 55.8 Å². The van der Waals surface area contributed by atoms with Crippen LogP contribution in [-0.4, -0.2) is 35.8 Å². The second-order valence-corrected chi connectivity index (χ2v) is 7.30. The largest absolute Gasteiger partial charge is 0.493 e. The summed E-state index contributed by atoms with van der Waals surface area (Å²) in [5.74, 6) is 0.866. The number of carbonyl (C=O) groups is 2. The molecular formula is C18H20BrNO4S. The van der Waals surface area contributed by atoms with Gasteiger partial charge < -0.3 is 9.47 Å². The molecule has 1 fully saturated rings. The Hall–Kier alpha value is -1.73. The molecule has 5 nitrogen and oxygen atoms in total. The van der Waals surface area contributed by atoms with Crippen LogP contribution in [0.5, 0.6) is 11.5 Å². The maximum atomic E-state index is 12.3. The van der Waals surface area contributed by atoms with Crippen LogP contribution in [0.2, 0.25) is 0 Å². The third-order valence-corrected chi connectivity index (χ3v) is 5.13. The third kappa shape index (κ3) is 4.46. The normalized spacial score (nSPS) is 17.1. The van der Waals surface area contributed by atoms with Crippen molar-refractivity contribution in [2.45, 2.75) is 26.4 Å². The molecule has 0 N–H and O–H groups in total. The molecule has 1 aromatic carbocycles. The van der Waals surface area contributed by atoms with Gasteiger partial charge in [0, 0.05) is 6.54 Å². The third-order valence-electron chi connectivity index (χ3n) is 3.63. The van der Waals surface area contributed by atoms with Gasteiger partial charge in [0.25, 0.3) is 11.1 Å². The molecule has 0 aliphatic carbocycles. The van der Waals surface area contributed by atoms with Crippen molar-refractivity contribution in [2.75, 3.05) is 13.7 Å². The van der Waals surface area contributed by atoms with E-state index in [1.807, 2.05) is 19.9 Å². The summed E-state index contributed by atoms with van der Waals surface area (Å²) in [6.07, 6.45) is 4.12. The number of halogens is 1. The minimum atomic E-state index is -0.315.